The van der Waals surface area contributed by atoms with Crippen LogP contribution in [0.2, 0.25) is 0 Å². The Morgan fingerprint density at radius 1 is 1.05 bits per heavy atom. The average molecular weight is 290 g/mol. The first-order valence-electron chi connectivity index (χ1n) is 7.77. The highest BCUT2D eigenvalue weighted by molar-refractivity contribution is 6.62. The summed E-state index contributed by atoms with van der Waals surface area (Å²) in [5.41, 5.74) is 0.492. The van der Waals surface area contributed by atoms with Crippen molar-refractivity contribution in [1.29, 1.82) is 0 Å². The molecular weight excluding hydrogens is 263 g/mol. The highest BCUT2D eigenvalue weighted by Gasteiger charge is 2.51. The molecule has 1 aliphatic heterocycles. The molecule has 3 nitrogen and oxygen atoms in total. The average Bonchev–Trinajstić information content (AvgIpc) is 2.59. The van der Waals surface area contributed by atoms with Gasteiger partial charge >= 0.3 is 7.12 Å². The lowest BCUT2D eigenvalue weighted by atomic mass is 9.77. The normalized spacial score (nSPS) is 23.1. The summed E-state index contributed by atoms with van der Waals surface area (Å²) in [6.07, 6.45) is 1.70. The zero-order chi connectivity index (χ0) is 15.9. The fraction of sp³-hybridized carbons (Fsp3) is 0.647. The van der Waals surface area contributed by atoms with Gasteiger partial charge in [0.2, 0.25) is 0 Å². The Bertz CT molecular complexity index is 475. The van der Waals surface area contributed by atoms with Crippen LogP contribution in [0.4, 0.5) is 0 Å². The SMILES string of the molecule is CCCC(C)(O)c1ccc(B2OC(C)(C)C(C)(C)O2)cc1. The third-order valence-electron chi connectivity index (χ3n) is 4.79. The van der Waals surface area contributed by atoms with Crippen LogP contribution >= 0.6 is 0 Å². The van der Waals surface area contributed by atoms with Crippen molar-refractivity contribution in [3.05, 3.63) is 29.8 Å². The summed E-state index contributed by atoms with van der Waals surface area (Å²) in [7, 11) is -0.347. The number of hydrogen-bond donors (Lipinski definition) is 1. The maximum atomic E-state index is 10.4. The van der Waals surface area contributed by atoms with Crippen molar-refractivity contribution in [2.75, 3.05) is 0 Å². The van der Waals surface area contributed by atoms with Gasteiger partial charge in [-0.15, -0.1) is 0 Å². The second-order valence-corrected chi connectivity index (χ2v) is 7.23. The van der Waals surface area contributed by atoms with E-state index in [1.807, 2.05) is 58.9 Å². The van der Waals surface area contributed by atoms with Crippen LogP contribution in [-0.2, 0) is 14.9 Å². The van der Waals surface area contributed by atoms with Crippen molar-refractivity contribution in [2.24, 2.45) is 0 Å². The predicted octanol–water partition coefficient (Wildman–Crippen LogP) is 2.99. The van der Waals surface area contributed by atoms with E-state index in [2.05, 4.69) is 6.92 Å². The second-order valence-electron chi connectivity index (χ2n) is 7.23. The Hall–Kier alpha value is -0.835. The van der Waals surface area contributed by atoms with E-state index in [0.29, 0.717) is 0 Å². The molecule has 0 saturated carbocycles. The molecule has 0 amide bonds. The fourth-order valence-corrected chi connectivity index (χ4v) is 2.61. The molecule has 0 bridgehead atoms. The predicted molar refractivity (Wildman–Crippen MR) is 86.6 cm³/mol. The molecule has 0 radical (unpaired) electrons. The van der Waals surface area contributed by atoms with Crippen molar-refractivity contribution in [2.45, 2.75) is 71.2 Å². The fourth-order valence-electron chi connectivity index (χ4n) is 2.61. The van der Waals surface area contributed by atoms with Crippen LogP contribution in [0.5, 0.6) is 0 Å². The molecule has 1 N–H and O–H groups in total. The number of aliphatic hydroxyl groups is 1. The topological polar surface area (TPSA) is 38.7 Å². The van der Waals surface area contributed by atoms with Gasteiger partial charge in [0.1, 0.15) is 0 Å². The number of hydrogen-bond acceptors (Lipinski definition) is 3. The molecular formula is C17H27BO3. The molecule has 1 atom stereocenters. The molecule has 1 aliphatic rings. The van der Waals surface area contributed by atoms with Gasteiger partial charge in [0.15, 0.2) is 0 Å². The minimum Gasteiger partial charge on any atom is -0.399 e. The van der Waals surface area contributed by atoms with E-state index in [9.17, 15) is 5.11 Å². The summed E-state index contributed by atoms with van der Waals surface area (Å²) in [5.74, 6) is 0. The van der Waals surface area contributed by atoms with Crippen molar-refractivity contribution < 1.29 is 14.4 Å². The minimum absolute atomic E-state index is 0.329. The summed E-state index contributed by atoms with van der Waals surface area (Å²) in [5, 5.41) is 10.4. The van der Waals surface area contributed by atoms with Crippen molar-refractivity contribution >= 4 is 12.6 Å². The molecule has 0 spiro atoms. The van der Waals surface area contributed by atoms with Crippen molar-refractivity contribution in [3.63, 3.8) is 0 Å². The third-order valence-corrected chi connectivity index (χ3v) is 4.79. The van der Waals surface area contributed by atoms with E-state index in [1.165, 1.54) is 0 Å². The molecule has 0 aliphatic carbocycles. The highest BCUT2D eigenvalue weighted by Crippen LogP contribution is 2.36. The van der Waals surface area contributed by atoms with Crippen LogP contribution in [-0.4, -0.2) is 23.4 Å². The highest BCUT2D eigenvalue weighted by atomic mass is 16.7. The Labute approximate surface area is 128 Å². The van der Waals surface area contributed by atoms with E-state index >= 15 is 0 Å². The van der Waals surface area contributed by atoms with Crippen molar-refractivity contribution in [1.82, 2.24) is 0 Å². The first-order chi connectivity index (χ1) is 9.59. The van der Waals surface area contributed by atoms with Gasteiger partial charge in [-0.05, 0) is 52.1 Å². The van der Waals surface area contributed by atoms with Crippen LogP contribution < -0.4 is 5.46 Å². The van der Waals surface area contributed by atoms with Crippen LogP contribution in [0.3, 0.4) is 0 Å². The summed E-state index contributed by atoms with van der Waals surface area (Å²) >= 11 is 0. The molecule has 1 heterocycles. The zero-order valence-corrected chi connectivity index (χ0v) is 14.1. The van der Waals surface area contributed by atoms with Gasteiger partial charge in [0.25, 0.3) is 0 Å². The molecule has 4 heteroatoms. The third kappa shape index (κ3) is 3.18. The van der Waals surface area contributed by atoms with Gasteiger partial charge in [-0.1, -0.05) is 37.6 Å². The lowest BCUT2D eigenvalue weighted by Gasteiger charge is -2.32. The Kier molecular flexibility index (Phi) is 4.27. The van der Waals surface area contributed by atoms with Gasteiger partial charge in [-0.3, -0.25) is 0 Å². The minimum atomic E-state index is -0.775. The van der Waals surface area contributed by atoms with Gasteiger partial charge in [0.05, 0.1) is 16.8 Å². The summed E-state index contributed by atoms with van der Waals surface area (Å²) < 4.78 is 12.1. The number of benzene rings is 1. The maximum Gasteiger partial charge on any atom is 0.494 e. The molecule has 0 aromatic heterocycles. The molecule has 1 saturated heterocycles. The Morgan fingerprint density at radius 2 is 1.52 bits per heavy atom. The number of rotatable bonds is 4. The first kappa shape index (κ1) is 16.5. The van der Waals surface area contributed by atoms with Crippen LogP contribution in [0.25, 0.3) is 0 Å². The quantitative estimate of drug-likeness (QED) is 0.866. The lowest BCUT2D eigenvalue weighted by molar-refractivity contribution is 0.00578. The van der Waals surface area contributed by atoms with Crippen LogP contribution in [0, 0.1) is 0 Å². The van der Waals surface area contributed by atoms with Gasteiger partial charge in [-0.25, -0.2) is 0 Å². The smallest absolute Gasteiger partial charge is 0.399 e. The van der Waals surface area contributed by atoms with Crippen LogP contribution in [0.1, 0.15) is 59.9 Å². The monoisotopic (exact) mass is 290 g/mol. The summed E-state index contributed by atoms with van der Waals surface area (Å²) in [4.78, 5) is 0. The lowest BCUT2D eigenvalue weighted by Crippen LogP contribution is -2.41. The largest absolute Gasteiger partial charge is 0.494 e. The first-order valence-corrected chi connectivity index (χ1v) is 7.77. The molecule has 21 heavy (non-hydrogen) atoms. The molecule has 1 aromatic rings. The van der Waals surface area contributed by atoms with Gasteiger partial charge in [-0.2, -0.15) is 0 Å². The van der Waals surface area contributed by atoms with Crippen LogP contribution in [0.15, 0.2) is 24.3 Å². The van der Waals surface area contributed by atoms with Crippen molar-refractivity contribution in [3.8, 4) is 0 Å². The summed E-state index contributed by atoms with van der Waals surface area (Å²) in [6, 6.07) is 7.91. The molecule has 1 unspecified atom stereocenters. The summed E-state index contributed by atoms with van der Waals surface area (Å²) in [6.45, 7) is 12.1. The molecule has 2 rings (SSSR count). The van der Waals surface area contributed by atoms with E-state index in [4.69, 9.17) is 9.31 Å². The molecule has 1 aromatic carbocycles. The Morgan fingerprint density at radius 3 is 1.95 bits per heavy atom. The second kappa shape index (κ2) is 5.42. The van der Waals surface area contributed by atoms with Gasteiger partial charge < -0.3 is 14.4 Å². The van der Waals surface area contributed by atoms with E-state index in [-0.39, 0.29) is 18.3 Å². The van der Waals surface area contributed by atoms with E-state index in [1.54, 1.807) is 0 Å². The van der Waals surface area contributed by atoms with E-state index < -0.39 is 5.60 Å². The van der Waals surface area contributed by atoms with E-state index in [0.717, 1.165) is 23.9 Å². The zero-order valence-electron chi connectivity index (χ0n) is 14.1. The molecule has 116 valence electrons. The molecule has 1 fully saturated rings. The maximum absolute atomic E-state index is 10.4. The van der Waals surface area contributed by atoms with Gasteiger partial charge in [0, 0.05) is 0 Å². The Balaban J connectivity index is 2.18. The standard InChI is InChI=1S/C17H27BO3/c1-7-12-17(6,19)13-8-10-14(11-9-13)18-20-15(2,3)16(4,5)21-18/h8-11,19H,7,12H2,1-6H3.